The first-order valence-electron chi connectivity index (χ1n) is 5.85. The van der Waals surface area contributed by atoms with Crippen LogP contribution in [0.15, 0.2) is 47.2 Å². The summed E-state index contributed by atoms with van der Waals surface area (Å²) in [7, 11) is 0. The van der Waals surface area contributed by atoms with Crippen molar-refractivity contribution in [2.75, 3.05) is 6.26 Å². The second-order valence-electron chi connectivity index (χ2n) is 3.97. The van der Waals surface area contributed by atoms with Gasteiger partial charge >= 0.3 is 0 Å². The Balaban J connectivity index is 2.10. The molecule has 0 aliphatic rings. The fourth-order valence-corrected chi connectivity index (χ4v) is 2.97. The lowest BCUT2D eigenvalue weighted by Crippen LogP contribution is -1.89. The summed E-state index contributed by atoms with van der Waals surface area (Å²) in [6.45, 7) is 0. The van der Waals surface area contributed by atoms with E-state index in [-0.39, 0.29) is 5.82 Å². The van der Waals surface area contributed by atoms with Gasteiger partial charge in [-0.3, -0.25) is 0 Å². The van der Waals surface area contributed by atoms with Gasteiger partial charge < -0.3 is 0 Å². The first kappa shape index (κ1) is 13.2. The molecule has 3 aromatic rings. The number of thioether (sulfide) groups is 1. The van der Waals surface area contributed by atoms with Gasteiger partial charge in [-0.05, 0) is 24.5 Å². The number of thiazole rings is 1. The zero-order chi connectivity index (χ0) is 13.9. The molecule has 0 aliphatic heterocycles. The molecule has 0 saturated heterocycles. The molecular formula is C14H10FN3S2. The van der Waals surface area contributed by atoms with Crippen LogP contribution in [-0.4, -0.2) is 21.2 Å². The van der Waals surface area contributed by atoms with Gasteiger partial charge in [-0.2, -0.15) is 0 Å². The lowest BCUT2D eigenvalue weighted by molar-refractivity contribution is 0.628. The zero-order valence-electron chi connectivity index (χ0n) is 10.6. The summed E-state index contributed by atoms with van der Waals surface area (Å²) >= 11 is 2.98. The summed E-state index contributed by atoms with van der Waals surface area (Å²) in [6, 6.07) is 8.27. The van der Waals surface area contributed by atoms with Gasteiger partial charge in [0.15, 0.2) is 5.16 Å². The van der Waals surface area contributed by atoms with Crippen LogP contribution in [0.1, 0.15) is 0 Å². The highest BCUT2D eigenvalue weighted by molar-refractivity contribution is 7.98. The number of nitrogens with zero attached hydrogens (tertiary/aromatic N) is 3. The summed E-state index contributed by atoms with van der Waals surface area (Å²) < 4.78 is 13.4. The Morgan fingerprint density at radius 3 is 2.90 bits per heavy atom. The molecule has 1 aromatic carbocycles. The van der Waals surface area contributed by atoms with Gasteiger partial charge in [0, 0.05) is 11.8 Å². The van der Waals surface area contributed by atoms with Crippen molar-refractivity contribution < 1.29 is 4.39 Å². The van der Waals surface area contributed by atoms with Gasteiger partial charge in [0.05, 0.1) is 21.8 Å². The standard InChI is InChI=1S/C14H10FN3S2/c1-19-14-16-6-5-11(18-14)13-12(17-8-20-13)9-3-2-4-10(15)7-9/h2-8H,1H3. The molecular weight excluding hydrogens is 293 g/mol. The molecule has 0 aliphatic carbocycles. The van der Waals surface area contributed by atoms with Gasteiger partial charge in [-0.25, -0.2) is 19.3 Å². The van der Waals surface area contributed by atoms with Gasteiger partial charge in [-0.1, -0.05) is 23.9 Å². The summed E-state index contributed by atoms with van der Waals surface area (Å²) in [4.78, 5) is 13.9. The van der Waals surface area contributed by atoms with Crippen LogP contribution in [0, 0.1) is 5.82 Å². The van der Waals surface area contributed by atoms with Crippen molar-refractivity contribution in [3.05, 3.63) is 47.9 Å². The number of hydrogen-bond donors (Lipinski definition) is 0. The van der Waals surface area contributed by atoms with Crippen molar-refractivity contribution >= 4 is 23.1 Å². The molecule has 0 unspecified atom stereocenters. The maximum absolute atomic E-state index is 13.4. The van der Waals surface area contributed by atoms with Gasteiger partial charge in [0.2, 0.25) is 0 Å². The Bertz CT molecular complexity index is 743. The SMILES string of the molecule is CSc1nccc(-c2scnc2-c2cccc(F)c2)n1. The Kier molecular flexibility index (Phi) is 3.75. The topological polar surface area (TPSA) is 38.7 Å². The third-order valence-corrected chi connectivity index (χ3v) is 4.13. The highest BCUT2D eigenvalue weighted by atomic mass is 32.2. The minimum atomic E-state index is -0.269. The van der Waals surface area contributed by atoms with Crippen LogP contribution in [0.25, 0.3) is 21.8 Å². The Morgan fingerprint density at radius 1 is 1.20 bits per heavy atom. The second kappa shape index (κ2) is 5.68. The number of benzene rings is 1. The summed E-state index contributed by atoms with van der Waals surface area (Å²) in [5, 5.41) is 0.709. The molecule has 3 nitrogen and oxygen atoms in total. The van der Waals surface area contributed by atoms with Crippen LogP contribution >= 0.6 is 23.1 Å². The highest BCUT2D eigenvalue weighted by Crippen LogP contribution is 2.34. The lowest BCUT2D eigenvalue weighted by Gasteiger charge is -2.03. The van der Waals surface area contributed by atoms with E-state index in [2.05, 4.69) is 15.0 Å². The first-order chi connectivity index (χ1) is 9.78. The Morgan fingerprint density at radius 2 is 2.10 bits per heavy atom. The van der Waals surface area contributed by atoms with Crippen molar-refractivity contribution in [3.8, 4) is 21.8 Å². The molecule has 3 rings (SSSR count). The van der Waals surface area contributed by atoms with E-state index < -0.39 is 0 Å². The normalized spacial score (nSPS) is 10.7. The van der Waals surface area contributed by atoms with Gasteiger partial charge in [0.1, 0.15) is 5.82 Å². The van der Waals surface area contributed by atoms with E-state index in [1.54, 1.807) is 17.8 Å². The maximum Gasteiger partial charge on any atom is 0.187 e. The van der Waals surface area contributed by atoms with Crippen LogP contribution in [0.3, 0.4) is 0 Å². The number of halogens is 1. The molecule has 0 fully saturated rings. The van der Waals surface area contributed by atoms with Crippen LogP contribution in [-0.2, 0) is 0 Å². The van der Waals surface area contributed by atoms with Crippen LogP contribution in [0.4, 0.5) is 4.39 Å². The molecule has 0 radical (unpaired) electrons. The smallest absolute Gasteiger partial charge is 0.187 e. The van der Waals surface area contributed by atoms with Crippen LogP contribution in [0.5, 0.6) is 0 Å². The third kappa shape index (κ3) is 2.57. The predicted molar refractivity (Wildman–Crippen MR) is 80.3 cm³/mol. The fourth-order valence-electron chi connectivity index (χ4n) is 1.83. The molecule has 6 heteroatoms. The molecule has 0 amide bonds. The molecule has 20 heavy (non-hydrogen) atoms. The largest absolute Gasteiger partial charge is 0.244 e. The van der Waals surface area contributed by atoms with Gasteiger partial charge in [0.25, 0.3) is 0 Å². The van der Waals surface area contributed by atoms with E-state index in [0.717, 1.165) is 21.8 Å². The Labute approximate surface area is 123 Å². The van der Waals surface area contributed by atoms with E-state index in [0.29, 0.717) is 5.16 Å². The number of aromatic nitrogens is 3. The quantitative estimate of drug-likeness (QED) is 0.539. The molecule has 0 atom stereocenters. The van der Waals surface area contributed by atoms with E-state index in [4.69, 9.17) is 0 Å². The fraction of sp³-hybridized carbons (Fsp3) is 0.0714. The van der Waals surface area contributed by atoms with Crippen LogP contribution < -0.4 is 0 Å². The van der Waals surface area contributed by atoms with Crippen LogP contribution in [0.2, 0.25) is 0 Å². The van der Waals surface area contributed by atoms with E-state index in [1.807, 2.05) is 18.4 Å². The van der Waals surface area contributed by atoms with E-state index in [9.17, 15) is 4.39 Å². The van der Waals surface area contributed by atoms with Crippen molar-refractivity contribution in [1.29, 1.82) is 0 Å². The third-order valence-electron chi connectivity index (χ3n) is 2.71. The maximum atomic E-state index is 13.4. The first-order valence-corrected chi connectivity index (χ1v) is 7.95. The zero-order valence-corrected chi connectivity index (χ0v) is 12.2. The van der Waals surface area contributed by atoms with Gasteiger partial charge in [-0.15, -0.1) is 11.3 Å². The molecule has 0 spiro atoms. The highest BCUT2D eigenvalue weighted by Gasteiger charge is 2.13. The molecule has 2 heterocycles. The monoisotopic (exact) mass is 303 g/mol. The second-order valence-corrected chi connectivity index (χ2v) is 5.60. The minimum Gasteiger partial charge on any atom is -0.244 e. The number of hydrogen-bond acceptors (Lipinski definition) is 5. The molecule has 2 aromatic heterocycles. The summed E-state index contributed by atoms with van der Waals surface area (Å²) in [5.74, 6) is -0.269. The Hall–Kier alpha value is -1.79. The lowest BCUT2D eigenvalue weighted by atomic mass is 10.1. The summed E-state index contributed by atoms with van der Waals surface area (Å²) in [5.41, 5.74) is 4.06. The molecule has 100 valence electrons. The number of rotatable bonds is 3. The van der Waals surface area contributed by atoms with Crippen molar-refractivity contribution in [1.82, 2.24) is 15.0 Å². The molecule has 0 bridgehead atoms. The molecule has 0 saturated carbocycles. The molecule has 0 N–H and O–H groups in total. The predicted octanol–water partition coefficient (Wildman–Crippen LogP) is 4.13. The summed E-state index contributed by atoms with van der Waals surface area (Å²) in [6.07, 6.45) is 3.66. The van der Waals surface area contributed by atoms with Crippen molar-refractivity contribution in [2.45, 2.75) is 5.16 Å². The minimum absolute atomic E-state index is 0.269. The van der Waals surface area contributed by atoms with Crippen molar-refractivity contribution in [2.24, 2.45) is 0 Å². The average molecular weight is 303 g/mol. The van der Waals surface area contributed by atoms with E-state index in [1.165, 1.54) is 35.2 Å². The average Bonchev–Trinajstić information content (AvgIpc) is 2.97. The van der Waals surface area contributed by atoms with Crippen molar-refractivity contribution in [3.63, 3.8) is 0 Å². The van der Waals surface area contributed by atoms with E-state index >= 15 is 0 Å².